The van der Waals surface area contributed by atoms with Crippen LogP contribution in [0.15, 0.2) is 0 Å². The summed E-state index contributed by atoms with van der Waals surface area (Å²) in [5.41, 5.74) is 0. The summed E-state index contributed by atoms with van der Waals surface area (Å²) in [6, 6.07) is 0. The fourth-order valence-corrected chi connectivity index (χ4v) is 1.18. The van der Waals surface area contributed by atoms with E-state index in [0.29, 0.717) is 12.5 Å². The van der Waals surface area contributed by atoms with Gasteiger partial charge in [0.15, 0.2) is 0 Å². The Bertz CT molecular complexity index is 144. The lowest BCUT2D eigenvalue weighted by atomic mass is 10.0. The summed E-state index contributed by atoms with van der Waals surface area (Å²) in [6.45, 7) is 4.25. The molecule has 2 unspecified atom stereocenters. The third kappa shape index (κ3) is 2.89. The molecule has 0 aromatic heterocycles. The van der Waals surface area contributed by atoms with Crippen molar-refractivity contribution in [2.24, 2.45) is 5.92 Å². The second-order valence-electron chi connectivity index (χ2n) is 3.04. The zero-order valence-electron chi connectivity index (χ0n) is 7.00. The predicted octanol–water partition coefficient (Wildman–Crippen LogP) is 1.32. The predicted molar refractivity (Wildman–Crippen MR) is 39.9 cm³/mol. The molecule has 1 aliphatic rings. The molecule has 11 heavy (non-hydrogen) atoms. The maximum absolute atomic E-state index is 10.5. The highest BCUT2D eigenvalue weighted by atomic mass is 16.7. The molecule has 3 nitrogen and oxygen atoms in total. The van der Waals surface area contributed by atoms with Gasteiger partial charge in [-0.2, -0.15) is 0 Å². The molecule has 0 amide bonds. The molecule has 0 bridgehead atoms. The van der Waals surface area contributed by atoms with Crippen molar-refractivity contribution in [2.75, 3.05) is 6.61 Å². The smallest absolute Gasteiger partial charge is 0.304 e. The van der Waals surface area contributed by atoms with Crippen LogP contribution in [0.5, 0.6) is 0 Å². The number of ether oxygens (including phenoxy) is 2. The topological polar surface area (TPSA) is 35.5 Å². The van der Waals surface area contributed by atoms with Gasteiger partial charge in [0.25, 0.3) is 0 Å². The minimum Gasteiger partial charge on any atom is -0.436 e. The maximum Gasteiger partial charge on any atom is 0.304 e. The lowest BCUT2D eigenvalue weighted by Crippen LogP contribution is -2.28. The van der Waals surface area contributed by atoms with Crippen LogP contribution in [-0.2, 0) is 14.3 Å². The van der Waals surface area contributed by atoms with E-state index in [0.717, 1.165) is 12.8 Å². The molecule has 0 radical (unpaired) electrons. The monoisotopic (exact) mass is 158 g/mol. The molecule has 1 aliphatic heterocycles. The second-order valence-corrected chi connectivity index (χ2v) is 3.04. The first kappa shape index (κ1) is 8.53. The zero-order chi connectivity index (χ0) is 8.27. The van der Waals surface area contributed by atoms with Gasteiger partial charge in [0.2, 0.25) is 6.29 Å². The summed E-state index contributed by atoms with van der Waals surface area (Å²) >= 11 is 0. The molecule has 0 N–H and O–H groups in total. The Balaban J connectivity index is 2.28. The normalized spacial score (nSPS) is 31.5. The van der Waals surface area contributed by atoms with E-state index in [9.17, 15) is 4.79 Å². The van der Waals surface area contributed by atoms with Crippen molar-refractivity contribution >= 4 is 5.97 Å². The highest BCUT2D eigenvalue weighted by Gasteiger charge is 2.21. The Labute approximate surface area is 66.7 Å². The van der Waals surface area contributed by atoms with E-state index in [-0.39, 0.29) is 12.3 Å². The van der Waals surface area contributed by atoms with Crippen LogP contribution >= 0.6 is 0 Å². The fraction of sp³-hybridized carbons (Fsp3) is 0.875. The van der Waals surface area contributed by atoms with Gasteiger partial charge in [-0.1, -0.05) is 6.92 Å². The molecule has 0 spiro atoms. The van der Waals surface area contributed by atoms with E-state index in [2.05, 4.69) is 6.92 Å². The minimum absolute atomic E-state index is 0.260. The molecule has 3 heteroatoms. The van der Waals surface area contributed by atoms with E-state index in [1.165, 1.54) is 6.92 Å². The van der Waals surface area contributed by atoms with Crippen LogP contribution in [-0.4, -0.2) is 18.9 Å². The van der Waals surface area contributed by atoms with E-state index in [1.54, 1.807) is 0 Å². The van der Waals surface area contributed by atoms with Gasteiger partial charge < -0.3 is 9.47 Å². The molecular weight excluding hydrogens is 144 g/mol. The number of carbonyl (C=O) groups excluding carboxylic acids is 1. The van der Waals surface area contributed by atoms with Crippen molar-refractivity contribution in [1.29, 1.82) is 0 Å². The minimum atomic E-state index is -0.295. The number of esters is 1. The summed E-state index contributed by atoms with van der Waals surface area (Å²) < 4.78 is 10.1. The molecule has 1 rings (SSSR count). The average molecular weight is 158 g/mol. The summed E-state index contributed by atoms with van der Waals surface area (Å²) in [5.74, 6) is 0.345. The summed E-state index contributed by atoms with van der Waals surface area (Å²) in [4.78, 5) is 10.5. The van der Waals surface area contributed by atoms with Gasteiger partial charge in [0.05, 0.1) is 6.61 Å². The van der Waals surface area contributed by atoms with Gasteiger partial charge in [-0.05, 0) is 12.3 Å². The number of carbonyl (C=O) groups is 1. The van der Waals surface area contributed by atoms with E-state index in [4.69, 9.17) is 9.47 Å². The van der Waals surface area contributed by atoms with Crippen LogP contribution in [0.4, 0.5) is 0 Å². The Morgan fingerprint density at radius 3 is 2.91 bits per heavy atom. The quantitative estimate of drug-likeness (QED) is 0.540. The number of hydrogen-bond acceptors (Lipinski definition) is 3. The SMILES string of the molecule is CC(=O)OC1CC(C)CCO1. The van der Waals surface area contributed by atoms with E-state index >= 15 is 0 Å². The van der Waals surface area contributed by atoms with Crippen LogP contribution in [0.2, 0.25) is 0 Å². The molecule has 0 aromatic carbocycles. The molecule has 1 fully saturated rings. The highest BCUT2D eigenvalue weighted by Crippen LogP contribution is 2.19. The molecule has 1 saturated heterocycles. The average Bonchev–Trinajstić information content (AvgIpc) is 1.85. The number of hydrogen-bond donors (Lipinski definition) is 0. The first-order valence-electron chi connectivity index (χ1n) is 3.97. The van der Waals surface area contributed by atoms with Gasteiger partial charge in [-0.25, -0.2) is 0 Å². The molecule has 64 valence electrons. The fourth-order valence-electron chi connectivity index (χ4n) is 1.18. The van der Waals surface area contributed by atoms with Gasteiger partial charge in [-0.15, -0.1) is 0 Å². The van der Waals surface area contributed by atoms with Gasteiger partial charge in [0.1, 0.15) is 0 Å². The Kier molecular flexibility index (Phi) is 2.88. The first-order chi connectivity index (χ1) is 5.18. The largest absolute Gasteiger partial charge is 0.436 e. The summed E-state index contributed by atoms with van der Waals surface area (Å²) in [6.07, 6.45) is 1.61. The Morgan fingerprint density at radius 2 is 2.36 bits per heavy atom. The highest BCUT2D eigenvalue weighted by molar-refractivity contribution is 5.66. The maximum atomic E-state index is 10.5. The lowest BCUT2D eigenvalue weighted by Gasteiger charge is -2.26. The summed E-state index contributed by atoms with van der Waals surface area (Å²) in [5, 5.41) is 0. The van der Waals surface area contributed by atoms with Crippen LogP contribution in [0.25, 0.3) is 0 Å². The summed E-state index contributed by atoms with van der Waals surface area (Å²) in [7, 11) is 0. The van der Waals surface area contributed by atoms with Crippen LogP contribution in [0.3, 0.4) is 0 Å². The standard InChI is InChI=1S/C8H14O3/c1-6-3-4-10-8(5-6)11-7(2)9/h6,8H,3-5H2,1-2H3. The van der Waals surface area contributed by atoms with Gasteiger partial charge in [-0.3, -0.25) is 4.79 Å². The molecule has 0 aromatic rings. The van der Waals surface area contributed by atoms with Crippen molar-refractivity contribution < 1.29 is 14.3 Å². The molecular formula is C8H14O3. The molecule has 0 aliphatic carbocycles. The molecule has 0 saturated carbocycles. The number of rotatable bonds is 1. The van der Waals surface area contributed by atoms with Gasteiger partial charge in [0, 0.05) is 13.3 Å². The lowest BCUT2D eigenvalue weighted by molar-refractivity contribution is -0.188. The van der Waals surface area contributed by atoms with Crippen molar-refractivity contribution in [3.63, 3.8) is 0 Å². The van der Waals surface area contributed by atoms with Crippen molar-refractivity contribution in [3.05, 3.63) is 0 Å². The molecule has 1 heterocycles. The Hall–Kier alpha value is -0.570. The van der Waals surface area contributed by atoms with Crippen molar-refractivity contribution in [2.45, 2.75) is 33.0 Å². The van der Waals surface area contributed by atoms with E-state index < -0.39 is 0 Å². The van der Waals surface area contributed by atoms with Crippen molar-refractivity contribution in [3.8, 4) is 0 Å². The third-order valence-corrected chi connectivity index (χ3v) is 1.81. The third-order valence-electron chi connectivity index (χ3n) is 1.81. The van der Waals surface area contributed by atoms with Crippen LogP contribution < -0.4 is 0 Å². The molecule has 2 atom stereocenters. The Morgan fingerprint density at radius 1 is 1.64 bits per heavy atom. The van der Waals surface area contributed by atoms with Crippen molar-refractivity contribution in [1.82, 2.24) is 0 Å². The zero-order valence-corrected chi connectivity index (χ0v) is 7.00. The van der Waals surface area contributed by atoms with Crippen LogP contribution in [0, 0.1) is 5.92 Å². The van der Waals surface area contributed by atoms with Crippen LogP contribution in [0.1, 0.15) is 26.7 Å². The second kappa shape index (κ2) is 3.72. The van der Waals surface area contributed by atoms with E-state index in [1.807, 2.05) is 0 Å². The van der Waals surface area contributed by atoms with Gasteiger partial charge >= 0.3 is 5.97 Å². The first-order valence-corrected chi connectivity index (χ1v) is 3.97.